The van der Waals surface area contributed by atoms with E-state index in [0.717, 1.165) is 0 Å². The van der Waals surface area contributed by atoms with Crippen molar-refractivity contribution in [1.29, 1.82) is 0 Å². The maximum Gasteiger partial charge on any atom is 0.335 e. The Morgan fingerprint density at radius 2 is 2.00 bits per heavy atom. The van der Waals surface area contributed by atoms with Crippen molar-refractivity contribution in [2.45, 2.75) is 12.5 Å². The molecule has 0 aromatic heterocycles. The van der Waals surface area contributed by atoms with E-state index in [1.165, 1.54) is 18.2 Å². The maximum atomic E-state index is 13.9. The fourth-order valence-corrected chi connectivity index (χ4v) is 2.90. The van der Waals surface area contributed by atoms with Crippen molar-refractivity contribution in [3.63, 3.8) is 0 Å². The van der Waals surface area contributed by atoms with Crippen molar-refractivity contribution in [3.05, 3.63) is 71.0 Å². The van der Waals surface area contributed by atoms with Gasteiger partial charge in [0, 0.05) is 12.1 Å². The zero-order valence-electron chi connectivity index (χ0n) is 13.5. The van der Waals surface area contributed by atoms with Crippen molar-refractivity contribution >= 4 is 11.9 Å². The topological polar surface area (TPSA) is 66.8 Å². The second-order valence-electron chi connectivity index (χ2n) is 5.90. The molecule has 130 valence electrons. The molecular formula is C19H18FNO4. The normalized spacial score (nSPS) is 17.3. The largest absolute Gasteiger partial charge is 0.478 e. The molecule has 0 bridgehead atoms. The Balaban J connectivity index is 1.69. The Morgan fingerprint density at radius 3 is 2.76 bits per heavy atom. The molecule has 1 atom stereocenters. The number of hydrogen-bond donors (Lipinski definition) is 1. The van der Waals surface area contributed by atoms with E-state index in [9.17, 15) is 14.0 Å². The van der Waals surface area contributed by atoms with E-state index in [1.807, 2.05) is 0 Å². The molecule has 0 unspecified atom stereocenters. The summed E-state index contributed by atoms with van der Waals surface area (Å²) in [6, 6.07) is 12.7. The molecule has 1 amide bonds. The van der Waals surface area contributed by atoms with E-state index in [4.69, 9.17) is 9.84 Å². The van der Waals surface area contributed by atoms with Crippen LogP contribution in [-0.4, -0.2) is 41.6 Å². The van der Waals surface area contributed by atoms with Gasteiger partial charge in [0.15, 0.2) is 0 Å². The molecule has 6 heteroatoms. The van der Waals surface area contributed by atoms with Gasteiger partial charge in [-0.15, -0.1) is 0 Å². The van der Waals surface area contributed by atoms with Gasteiger partial charge in [-0.05, 0) is 23.8 Å². The van der Waals surface area contributed by atoms with Crippen molar-refractivity contribution in [2.24, 2.45) is 0 Å². The highest BCUT2D eigenvalue weighted by Gasteiger charge is 2.27. The molecule has 5 nitrogen and oxygen atoms in total. The number of ether oxygens (including phenoxy) is 1. The fourth-order valence-electron chi connectivity index (χ4n) is 2.90. The molecule has 0 saturated carbocycles. The molecule has 0 radical (unpaired) electrons. The quantitative estimate of drug-likeness (QED) is 0.927. The van der Waals surface area contributed by atoms with E-state index in [-0.39, 0.29) is 30.3 Å². The summed E-state index contributed by atoms with van der Waals surface area (Å²) in [7, 11) is 0. The van der Waals surface area contributed by atoms with Crippen LogP contribution in [-0.2, 0) is 16.0 Å². The molecule has 0 aliphatic carbocycles. The minimum Gasteiger partial charge on any atom is -0.478 e. The highest BCUT2D eigenvalue weighted by molar-refractivity contribution is 5.88. The van der Waals surface area contributed by atoms with Gasteiger partial charge in [0.2, 0.25) is 5.91 Å². The number of benzene rings is 2. The van der Waals surface area contributed by atoms with Crippen LogP contribution in [0.5, 0.6) is 0 Å². The van der Waals surface area contributed by atoms with Gasteiger partial charge in [0.05, 0.1) is 25.1 Å². The summed E-state index contributed by atoms with van der Waals surface area (Å²) >= 11 is 0. The third-order valence-electron chi connectivity index (χ3n) is 4.20. The van der Waals surface area contributed by atoms with Crippen molar-refractivity contribution in [1.82, 2.24) is 4.90 Å². The highest BCUT2D eigenvalue weighted by atomic mass is 19.1. The number of carboxylic acids is 1. The molecule has 1 heterocycles. The molecule has 1 saturated heterocycles. The fraction of sp³-hybridized carbons (Fsp3) is 0.263. The summed E-state index contributed by atoms with van der Waals surface area (Å²) in [6.45, 7) is 1.04. The third-order valence-corrected chi connectivity index (χ3v) is 4.20. The summed E-state index contributed by atoms with van der Waals surface area (Å²) in [5.41, 5.74) is 1.23. The van der Waals surface area contributed by atoms with E-state index < -0.39 is 12.1 Å². The molecule has 2 aromatic rings. The number of halogens is 1. The number of hydrogen-bond acceptors (Lipinski definition) is 3. The van der Waals surface area contributed by atoms with Gasteiger partial charge in [-0.3, -0.25) is 4.79 Å². The summed E-state index contributed by atoms with van der Waals surface area (Å²) in [6.07, 6.45) is -0.394. The number of carboxylic acid groups (broad SMARTS) is 1. The van der Waals surface area contributed by atoms with Gasteiger partial charge >= 0.3 is 5.97 Å². The Hall–Kier alpha value is -2.73. The van der Waals surface area contributed by atoms with Gasteiger partial charge in [0.1, 0.15) is 11.9 Å². The van der Waals surface area contributed by atoms with Crippen LogP contribution in [0.4, 0.5) is 4.39 Å². The van der Waals surface area contributed by atoms with Gasteiger partial charge in [-0.2, -0.15) is 0 Å². The second-order valence-corrected chi connectivity index (χ2v) is 5.90. The number of morpholine rings is 1. The summed E-state index contributed by atoms with van der Waals surface area (Å²) in [4.78, 5) is 25.2. The van der Waals surface area contributed by atoms with Gasteiger partial charge in [0.25, 0.3) is 0 Å². The van der Waals surface area contributed by atoms with Crippen LogP contribution in [0.1, 0.15) is 27.6 Å². The van der Waals surface area contributed by atoms with Gasteiger partial charge in [-0.25, -0.2) is 9.18 Å². The van der Waals surface area contributed by atoms with Crippen molar-refractivity contribution in [3.8, 4) is 0 Å². The first kappa shape index (κ1) is 17.1. The number of carbonyl (C=O) groups is 2. The molecule has 1 fully saturated rings. The number of aromatic carboxylic acids is 1. The minimum absolute atomic E-state index is 0.102. The van der Waals surface area contributed by atoms with Gasteiger partial charge in [-0.1, -0.05) is 30.3 Å². The van der Waals surface area contributed by atoms with E-state index in [0.29, 0.717) is 24.3 Å². The molecule has 1 aliphatic heterocycles. The van der Waals surface area contributed by atoms with Crippen LogP contribution in [0.25, 0.3) is 0 Å². The second kappa shape index (κ2) is 7.44. The summed E-state index contributed by atoms with van der Waals surface area (Å²) < 4.78 is 19.5. The SMILES string of the molecule is O=C(O)c1cccc(CC(=O)N2CCO[C@H](c3ccccc3F)C2)c1. The first-order valence-electron chi connectivity index (χ1n) is 8.00. The lowest BCUT2D eigenvalue weighted by atomic mass is 10.1. The summed E-state index contributed by atoms with van der Waals surface area (Å²) in [5, 5.41) is 9.03. The standard InChI is InChI=1S/C19H18FNO4/c20-16-7-2-1-6-15(16)17-12-21(8-9-25-17)18(22)11-13-4-3-5-14(10-13)19(23)24/h1-7,10,17H,8-9,11-12H2,(H,23,24)/t17-/m0/s1. The molecule has 2 aromatic carbocycles. The van der Waals surface area contributed by atoms with Crippen LogP contribution in [0.3, 0.4) is 0 Å². The predicted octanol–water partition coefficient (Wildman–Crippen LogP) is 2.67. The average molecular weight is 343 g/mol. The Labute approximate surface area is 144 Å². The van der Waals surface area contributed by atoms with Crippen molar-refractivity contribution < 1.29 is 23.8 Å². The molecule has 25 heavy (non-hydrogen) atoms. The maximum absolute atomic E-state index is 13.9. The molecule has 0 spiro atoms. The summed E-state index contributed by atoms with van der Waals surface area (Å²) in [5.74, 6) is -1.51. The molecule has 3 rings (SSSR count). The average Bonchev–Trinajstić information content (AvgIpc) is 2.62. The predicted molar refractivity (Wildman–Crippen MR) is 88.8 cm³/mol. The number of rotatable bonds is 4. The number of nitrogens with zero attached hydrogens (tertiary/aromatic N) is 1. The minimum atomic E-state index is -1.03. The van der Waals surface area contributed by atoms with Crippen LogP contribution in [0.15, 0.2) is 48.5 Å². The zero-order chi connectivity index (χ0) is 17.8. The lowest BCUT2D eigenvalue weighted by Crippen LogP contribution is -2.43. The van der Waals surface area contributed by atoms with E-state index >= 15 is 0 Å². The first-order valence-corrected chi connectivity index (χ1v) is 8.00. The van der Waals surface area contributed by atoms with Crippen LogP contribution < -0.4 is 0 Å². The smallest absolute Gasteiger partial charge is 0.335 e. The highest BCUT2D eigenvalue weighted by Crippen LogP contribution is 2.25. The molecule has 1 N–H and O–H groups in total. The lowest BCUT2D eigenvalue weighted by molar-refractivity contribution is -0.138. The van der Waals surface area contributed by atoms with Gasteiger partial charge < -0.3 is 14.7 Å². The van der Waals surface area contributed by atoms with Crippen molar-refractivity contribution in [2.75, 3.05) is 19.7 Å². The zero-order valence-corrected chi connectivity index (χ0v) is 13.5. The first-order chi connectivity index (χ1) is 12.0. The van der Waals surface area contributed by atoms with E-state index in [2.05, 4.69) is 0 Å². The Kier molecular flexibility index (Phi) is 5.09. The van der Waals surface area contributed by atoms with Crippen LogP contribution in [0.2, 0.25) is 0 Å². The lowest BCUT2D eigenvalue weighted by Gasteiger charge is -2.33. The third kappa shape index (κ3) is 4.03. The Morgan fingerprint density at radius 1 is 1.20 bits per heavy atom. The number of amides is 1. The van der Waals surface area contributed by atoms with Crippen LogP contribution in [0, 0.1) is 5.82 Å². The van der Waals surface area contributed by atoms with Crippen LogP contribution >= 0.6 is 0 Å². The molecule has 1 aliphatic rings. The monoisotopic (exact) mass is 343 g/mol. The Bertz CT molecular complexity index is 792. The van der Waals surface area contributed by atoms with E-state index in [1.54, 1.807) is 35.2 Å². The molecular weight excluding hydrogens is 325 g/mol. The number of carbonyl (C=O) groups excluding carboxylic acids is 1.